The van der Waals surface area contributed by atoms with Gasteiger partial charge in [0.05, 0.1) is 42.0 Å². The molecule has 0 aliphatic carbocycles. The highest BCUT2D eigenvalue weighted by atomic mass is 32.2. The van der Waals surface area contributed by atoms with Gasteiger partial charge < -0.3 is 14.4 Å². The predicted molar refractivity (Wildman–Crippen MR) is 138 cm³/mol. The number of hydrogen-bond donors (Lipinski definition) is 0. The van der Waals surface area contributed by atoms with Crippen LogP contribution in [0.3, 0.4) is 0 Å². The zero-order chi connectivity index (χ0) is 24.4. The Labute approximate surface area is 210 Å². The lowest BCUT2D eigenvalue weighted by Gasteiger charge is -2.28. The van der Waals surface area contributed by atoms with E-state index in [-0.39, 0.29) is 5.75 Å². The maximum absolute atomic E-state index is 12.1. The van der Waals surface area contributed by atoms with E-state index in [0.29, 0.717) is 11.4 Å². The van der Waals surface area contributed by atoms with Gasteiger partial charge >= 0.3 is 0 Å². The van der Waals surface area contributed by atoms with Gasteiger partial charge in [-0.15, -0.1) is 11.3 Å². The molecule has 0 saturated carbocycles. The molecule has 11 heteroatoms. The SMILES string of the molecule is COc1ncc(-c2nc(N3CCCCC3)nc3c(CN4CCOCC4)csc23)cc1CS(C)(=O)=O. The Morgan fingerprint density at radius 1 is 1.09 bits per heavy atom. The molecule has 2 aliphatic heterocycles. The first-order valence-corrected chi connectivity index (χ1v) is 14.9. The number of morpholine rings is 1. The summed E-state index contributed by atoms with van der Waals surface area (Å²) in [6.07, 6.45) is 6.41. The third-order valence-corrected chi connectivity index (χ3v) is 8.28. The largest absolute Gasteiger partial charge is 0.481 e. The molecule has 35 heavy (non-hydrogen) atoms. The smallest absolute Gasteiger partial charge is 0.226 e. The highest BCUT2D eigenvalue weighted by molar-refractivity contribution is 7.89. The Hall–Kier alpha value is -2.34. The summed E-state index contributed by atoms with van der Waals surface area (Å²) in [5.41, 5.74) is 4.25. The molecule has 9 nitrogen and oxygen atoms in total. The second-order valence-electron chi connectivity index (χ2n) is 9.21. The number of pyridine rings is 1. The van der Waals surface area contributed by atoms with Gasteiger partial charge in [-0.2, -0.15) is 0 Å². The second-order valence-corrected chi connectivity index (χ2v) is 12.2. The minimum absolute atomic E-state index is 0.142. The summed E-state index contributed by atoms with van der Waals surface area (Å²) in [4.78, 5) is 19.1. The van der Waals surface area contributed by atoms with Gasteiger partial charge in [0.25, 0.3) is 0 Å². The quantitative estimate of drug-likeness (QED) is 0.468. The number of ether oxygens (including phenoxy) is 2. The Balaban J connectivity index is 1.61. The molecular weight excluding hydrogens is 486 g/mol. The summed E-state index contributed by atoms with van der Waals surface area (Å²) in [6, 6.07) is 1.84. The van der Waals surface area contributed by atoms with Gasteiger partial charge in [0, 0.05) is 61.9 Å². The predicted octanol–water partition coefficient (Wildman–Crippen LogP) is 3.13. The van der Waals surface area contributed by atoms with E-state index in [2.05, 4.69) is 20.2 Å². The molecule has 5 heterocycles. The van der Waals surface area contributed by atoms with Crippen LogP contribution in [0.5, 0.6) is 5.88 Å². The third-order valence-electron chi connectivity index (χ3n) is 6.42. The molecule has 3 aromatic rings. The normalized spacial score (nSPS) is 17.7. The Bertz CT molecular complexity index is 1300. The number of fused-ring (bicyclic) bond motifs is 1. The minimum atomic E-state index is -3.26. The fourth-order valence-electron chi connectivity index (χ4n) is 4.69. The first-order chi connectivity index (χ1) is 16.9. The monoisotopic (exact) mass is 517 g/mol. The number of aromatic nitrogens is 3. The van der Waals surface area contributed by atoms with Crippen molar-refractivity contribution in [3.8, 4) is 17.1 Å². The Morgan fingerprint density at radius 3 is 2.57 bits per heavy atom. The molecular formula is C24H31N5O4S2. The molecule has 5 rings (SSSR count). The molecule has 0 amide bonds. The molecule has 3 aromatic heterocycles. The number of methoxy groups -OCH3 is 1. The fourth-order valence-corrected chi connectivity index (χ4v) is 6.48. The second kappa shape index (κ2) is 10.3. The van der Waals surface area contributed by atoms with Gasteiger partial charge in [-0.1, -0.05) is 0 Å². The van der Waals surface area contributed by atoms with E-state index >= 15 is 0 Å². The number of piperidine rings is 1. The molecule has 188 valence electrons. The standard InChI is InChI=1S/C24H31N5O4S2/c1-32-23-18(16-35(2,30)31)12-17(13-25-23)20-22-21(27-24(26-20)29-6-4-3-5-7-29)19(15-34-22)14-28-8-10-33-11-9-28/h12-13,15H,3-11,14,16H2,1-2H3. The number of thiophene rings is 1. The lowest BCUT2D eigenvalue weighted by Crippen LogP contribution is -2.35. The summed E-state index contributed by atoms with van der Waals surface area (Å²) < 4.78 is 36.0. The molecule has 0 radical (unpaired) electrons. The van der Waals surface area contributed by atoms with Crippen molar-refractivity contribution in [3.05, 3.63) is 28.8 Å². The molecule has 2 aliphatic rings. The van der Waals surface area contributed by atoms with Crippen LogP contribution in [0.4, 0.5) is 5.95 Å². The van der Waals surface area contributed by atoms with Crippen molar-refractivity contribution in [2.45, 2.75) is 31.6 Å². The highest BCUT2D eigenvalue weighted by Crippen LogP contribution is 2.36. The van der Waals surface area contributed by atoms with Crippen molar-refractivity contribution in [3.63, 3.8) is 0 Å². The fraction of sp³-hybridized carbons (Fsp3) is 0.542. The molecule has 0 bridgehead atoms. The number of nitrogens with zero attached hydrogens (tertiary/aromatic N) is 5. The summed E-state index contributed by atoms with van der Waals surface area (Å²) in [5, 5.41) is 2.17. The Morgan fingerprint density at radius 2 is 1.86 bits per heavy atom. The average molecular weight is 518 g/mol. The highest BCUT2D eigenvalue weighted by Gasteiger charge is 2.23. The van der Waals surface area contributed by atoms with E-state index in [9.17, 15) is 8.42 Å². The summed E-state index contributed by atoms with van der Waals surface area (Å²) in [5.74, 6) is 0.908. The minimum Gasteiger partial charge on any atom is -0.481 e. The van der Waals surface area contributed by atoms with Crippen LogP contribution in [0.25, 0.3) is 21.5 Å². The van der Waals surface area contributed by atoms with E-state index in [0.717, 1.165) is 86.2 Å². The number of sulfone groups is 1. The van der Waals surface area contributed by atoms with Crippen molar-refractivity contribution in [2.24, 2.45) is 0 Å². The van der Waals surface area contributed by atoms with Crippen LogP contribution in [0.1, 0.15) is 30.4 Å². The average Bonchev–Trinajstić information content (AvgIpc) is 3.26. The molecule has 0 atom stereocenters. The zero-order valence-electron chi connectivity index (χ0n) is 20.2. The van der Waals surface area contributed by atoms with Crippen LogP contribution < -0.4 is 9.64 Å². The lowest BCUT2D eigenvalue weighted by atomic mass is 10.1. The lowest BCUT2D eigenvalue weighted by molar-refractivity contribution is 0.0344. The van der Waals surface area contributed by atoms with Crippen LogP contribution >= 0.6 is 11.3 Å². The van der Waals surface area contributed by atoms with E-state index < -0.39 is 9.84 Å². The molecule has 0 unspecified atom stereocenters. The molecule has 2 fully saturated rings. The topological polar surface area (TPSA) is 97.8 Å². The summed E-state index contributed by atoms with van der Waals surface area (Å²) in [6.45, 7) is 6.02. The van der Waals surface area contributed by atoms with Gasteiger partial charge in [0.1, 0.15) is 0 Å². The number of hydrogen-bond acceptors (Lipinski definition) is 10. The zero-order valence-corrected chi connectivity index (χ0v) is 21.8. The van der Waals surface area contributed by atoms with Gasteiger partial charge in [-0.05, 0) is 30.7 Å². The van der Waals surface area contributed by atoms with E-state index in [1.54, 1.807) is 17.5 Å². The molecule has 0 spiro atoms. The van der Waals surface area contributed by atoms with Crippen molar-refractivity contribution in [1.29, 1.82) is 0 Å². The van der Waals surface area contributed by atoms with E-state index in [1.165, 1.54) is 25.3 Å². The van der Waals surface area contributed by atoms with Crippen LogP contribution in [0.15, 0.2) is 17.6 Å². The maximum atomic E-state index is 12.1. The molecule has 2 saturated heterocycles. The van der Waals surface area contributed by atoms with Gasteiger partial charge in [-0.25, -0.2) is 23.4 Å². The first-order valence-electron chi connectivity index (χ1n) is 12.0. The summed E-state index contributed by atoms with van der Waals surface area (Å²) >= 11 is 1.63. The first kappa shape index (κ1) is 24.4. The summed E-state index contributed by atoms with van der Waals surface area (Å²) in [7, 11) is -1.76. The maximum Gasteiger partial charge on any atom is 0.226 e. The van der Waals surface area contributed by atoms with Crippen molar-refractivity contribution in [2.75, 3.05) is 57.7 Å². The van der Waals surface area contributed by atoms with Crippen LogP contribution in [0, 0.1) is 0 Å². The van der Waals surface area contributed by atoms with E-state index in [4.69, 9.17) is 19.4 Å². The van der Waals surface area contributed by atoms with Crippen molar-refractivity contribution < 1.29 is 17.9 Å². The van der Waals surface area contributed by atoms with Crippen molar-refractivity contribution >= 4 is 37.3 Å². The van der Waals surface area contributed by atoms with Crippen molar-refractivity contribution in [1.82, 2.24) is 19.9 Å². The Kier molecular flexibility index (Phi) is 7.19. The molecule has 0 aromatic carbocycles. The molecule has 0 N–H and O–H groups in total. The van der Waals surface area contributed by atoms with E-state index in [1.807, 2.05) is 6.07 Å². The number of rotatable bonds is 7. The van der Waals surface area contributed by atoms with Crippen LogP contribution in [0.2, 0.25) is 0 Å². The van der Waals surface area contributed by atoms with Gasteiger partial charge in [0.2, 0.25) is 11.8 Å². The van der Waals surface area contributed by atoms with Gasteiger partial charge in [0.15, 0.2) is 9.84 Å². The third kappa shape index (κ3) is 5.58. The van der Waals surface area contributed by atoms with Crippen LogP contribution in [-0.2, 0) is 26.9 Å². The van der Waals surface area contributed by atoms with Gasteiger partial charge in [-0.3, -0.25) is 4.90 Å². The van der Waals surface area contributed by atoms with Crippen LogP contribution in [-0.4, -0.2) is 81.0 Å². The number of anilines is 1.